The third-order valence-electron chi connectivity index (χ3n) is 4.01. The average Bonchev–Trinajstić information content (AvgIpc) is 3.47. The van der Waals surface area contributed by atoms with Crippen LogP contribution < -0.4 is 20.7 Å². The molecule has 0 radical (unpaired) electrons. The molecule has 0 unspecified atom stereocenters. The summed E-state index contributed by atoms with van der Waals surface area (Å²) in [4.78, 5) is 16.2. The first-order valence-corrected chi connectivity index (χ1v) is 10.8. The highest BCUT2D eigenvalue weighted by Gasteiger charge is 2.28. The lowest BCUT2D eigenvalue weighted by atomic mass is 10.2. The summed E-state index contributed by atoms with van der Waals surface area (Å²) in [5.41, 5.74) is 1.01. The molecule has 28 heavy (non-hydrogen) atoms. The van der Waals surface area contributed by atoms with Crippen LogP contribution in [0.5, 0.6) is 0 Å². The normalized spacial score (nSPS) is 14.1. The molecule has 0 spiro atoms. The monoisotopic (exact) mass is 523 g/mol. The van der Waals surface area contributed by atoms with Gasteiger partial charge >= 0.3 is 0 Å². The third-order valence-corrected chi connectivity index (χ3v) is 5.49. The molecule has 0 heterocycles. The van der Waals surface area contributed by atoms with Crippen molar-refractivity contribution in [2.75, 3.05) is 32.7 Å². The molecule has 0 aromatic heterocycles. The number of hydrogen-bond donors (Lipinski definition) is 4. The number of nitrogens with one attached hydrogen (secondary N) is 4. The van der Waals surface area contributed by atoms with Crippen molar-refractivity contribution >= 4 is 45.9 Å². The van der Waals surface area contributed by atoms with Gasteiger partial charge in [-0.15, -0.1) is 24.0 Å². The van der Waals surface area contributed by atoms with Gasteiger partial charge in [-0.05, 0) is 38.8 Å². The summed E-state index contributed by atoms with van der Waals surface area (Å²) in [6.07, 6.45) is 1.98. The van der Waals surface area contributed by atoms with Crippen LogP contribution in [0.15, 0.2) is 34.2 Å². The van der Waals surface area contributed by atoms with Crippen LogP contribution in [0.4, 0.5) is 0 Å². The second kappa shape index (κ2) is 12.2. The van der Waals surface area contributed by atoms with Gasteiger partial charge in [0.2, 0.25) is 15.9 Å². The van der Waals surface area contributed by atoms with Crippen LogP contribution >= 0.6 is 24.0 Å². The van der Waals surface area contributed by atoms with Gasteiger partial charge in [0, 0.05) is 32.1 Å². The third kappa shape index (κ3) is 8.74. The van der Waals surface area contributed by atoms with E-state index in [1.807, 2.05) is 13.8 Å². The fourth-order valence-corrected chi connectivity index (χ4v) is 3.37. The Morgan fingerprint density at radius 3 is 2.32 bits per heavy atom. The minimum Gasteiger partial charge on any atom is -0.357 e. The summed E-state index contributed by atoms with van der Waals surface area (Å²) < 4.78 is 27.0. The molecule has 8 nitrogen and oxygen atoms in total. The minimum atomic E-state index is -3.53. The number of carbonyl (C=O) groups excluding carboxylic acids is 1. The van der Waals surface area contributed by atoms with Crippen LogP contribution in [-0.4, -0.2) is 53.0 Å². The highest BCUT2D eigenvalue weighted by atomic mass is 127. The SMILES string of the molecule is CCNC(=NCCNS(=O)(=O)c1ccc(C)cc1)NCCNC(=O)C1CC1.I. The van der Waals surface area contributed by atoms with E-state index in [4.69, 9.17) is 0 Å². The molecular formula is C18H30IN5O3S. The summed E-state index contributed by atoms with van der Waals surface area (Å²) in [6, 6.07) is 6.70. The van der Waals surface area contributed by atoms with Crippen molar-refractivity contribution in [2.45, 2.75) is 31.6 Å². The Morgan fingerprint density at radius 1 is 1.07 bits per heavy atom. The van der Waals surface area contributed by atoms with Crippen LogP contribution in [0.2, 0.25) is 0 Å². The first kappa shape index (κ1) is 24.6. The van der Waals surface area contributed by atoms with Crippen LogP contribution in [0.25, 0.3) is 0 Å². The fraction of sp³-hybridized carbons (Fsp3) is 0.556. The number of aryl methyl sites for hydroxylation is 1. The van der Waals surface area contributed by atoms with Crippen LogP contribution in [-0.2, 0) is 14.8 Å². The maximum atomic E-state index is 12.2. The van der Waals surface area contributed by atoms with Crippen LogP contribution in [0, 0.1) is 12.8 Å². The number of benzene rings is 1. The molecule has 1 aliphatic rings. The Morgan fingerprint density at radius 2 is 1.71 bits per heavy atom. The number of sulfonamides is 1. The maximum absolute atomic E-state index is 12.2. The highest BCUT2D eigenvalue weighted by molar-refractivity contribution is 14.0. The Balaban J connectivity index is 0.00000392. The molecule has 158 valence electrons. The molecule has 1 saturated carbocycles. The van der Waals surface area contributed by atoms with Gasteiger partial charge in [-0.25, -0.2) is 13.1 Å². The standard InChI is InChI=1S/C18H29N5O3S.HI/c1-3-19-18(21-11-10-20-17(24)15-6-7-15)22-12-13-23-27(25,26)16-8-4-14(2)5-9-16;/h4-5,8-9,15,23H,3,6-7,10-13H2,1-2H3,(H,20,24)(H2,19,21,22);1H. The number of guanidine groups is 1. The molecule has 4 N–H and O–H groups in total. The minimum absolute atomic E-state index is 0. The number of carbonyl (C=O) groups is 1. The summed E-state index contributed by atoms with van der Waals surface area (Å²) in [5, 5.41) is 9.08. The summed E-state index contributed by atoms with van der Waals surface area (Å²) in [5.74, 6) is 0.908. The van der Waals surface area contributed by atoms with Gasteiger partial charge < -0.3 is 16.0 Å². The van der Waals surface area contributed by atoms with Gasteiger partial charge in [0.05, 0.1) is 11.4 Å². The van der Waals surface area contributed by atoms with E-state index in [0.29, 0.717) is 32.1 Å². The van der Waals surface area contributed by atoms with Crippen molar-refractivity contribution in [3.63, 3.8) is 0 Å². The van der Waals surface area contributed by atoms with E-state index in [0.717, 1.165) is 18.4 Å². The smallest absolute Gasteiger partial charge is 0.240 e. The van der Waals surface area contributed by atoms with Gasteiger partial charge in [-0.3, -0.25) is 9.79 Å². The van der Waals surface area contributed by atoms with Crippen molar-refractivity contribution in [2.24, 2.45) is 10.9 Å². The quantitative estimate of drug-likeness (QED) is 0.158. The first-order valence-electron chi connectivity index (χ1n) is 9.28. The summed E-state index contributed by atoms with van der Waals surface area (Å²) in [6.45, 7) is 6.13. The Hall–Kier alpha value is -1.40. The zero-order chi connectivity index (χ0) is 19.7. The topological polar surface area (TPSA) is 112 Å². The first-order chi connectivity index (χ1) is 12.9. The molecule has 1 aromatic rings. The number of nitrogens with zero attached hydrogens (tertiary/aromatic N) is 1. The predicted molar refractivity (Wildman–Crippen MR) is 121 cm³/mol. The molecule has 0 bridgehead atoms. The van der Waals surface area contributed by atoms with E-state index in [2.05, 4.69) is 25.7 Å². The molecule has 0 saturated heterocycles. The molecule has 1 amide bonds. The van der Waals surface area contributed by atoms with Gasteiger partial charge in [0.1, 0.15) is 0 Å². The molecule has 1 aromatic carbocycles. The maximum Gasteiger partial charge on any atom is 0.240 e. The van der Waals surface area contributed by atoms with Gasteiger partial charge in [-0.2, -0.15) is 0 Å². The summed E-state index contributed by atoms with van der Waals surface area (Å²) in [7, 11) is -3.53. The van der Waals surface area contributed by atoms with Crippen LogP contribution in [0.3, 0.4) is 0 Å². The number of hydrogen-bond acceptors (Lipinski definition) is 4. The molecule has 1 aliphatic carbocycles. The molecule has 1 fully saturated rings. The Labute approximate surface area is 184 Å². The second-order valence-corrected chi connectivity index (χ2v) is 8.23. The molecule has 2 rings (SSSR count). The number of amides is 1. The lowest BCUT2D eigenvalue weighted by molar-refractivity contribution is -0.122. The van der Waals surface area contributed by atoms with Gasteiger partial charge in [-0.1, -0.05) is 17.7 Å². The van der Waals surface area contributed by atoms with Crippen molar-refractivity contribution in [1.82, 2.24) is 20.7 Å². The van der Waals surface area contributed by atoms with E-state index in [1.165, 1.54) is 0 Å². The van der Waals surface area contributed by atoms with E-state index in [1.54, 1.807) is 24.3 Å². The number of halogens is 1. The molecule has 0 atom stereocenters. The second-order valence-electron chi connectivity index (χ2n) is 6.46. The van der Waals surface area contributed by atoms with E-state index in [9.17, 15) is 13.2 Å². The van der Waals surface area contributed by atoms with Gasteiger partial charge in [0.15, 0.2) is 5.96 Å². The van der Waals surface area contributed by atoms with Crippen molar-refractivity contribution in [1.29, 1.82) is 0 Å². The summed E-state index contributed by atoms with van der Waals surface area (Å²) >= 11 is 0. The zero-order valence-electron chi connectivity index (χ0n) is 16.3. The lowest BCUT2D eigenvalue weighted by Gasteiger charge is -2.12. The van der Waals surface area contributed by atoms with Crippen molar-refractivity contribution in [3.05, 3.63) is 29.8 Å². The molecule has 10 heteroatoms. The predicted octanol–water partition coefficient (Wildman–Crippen LogP) is 0.973. The number of rotatable bonds is 10. The average molecular weight is 523 g/mol. The fourth-order valence-electron chi connectivity index (χ4n) is 2.35. The van der Waals surface area contributed by atoms with E-state index in [-0.39, 0.29) is 47.2 Å². The zero-order valence-corrected chi connectivity index (χ0v) is 19.5. The van der Waals surface area contributed by atoms with E-state index >= 15 is 0 Å². The largest absolute Gasteiger partial charge is 0.357 e. The lowest BCUT2D eigenvalue weighted by Crippen LogP contribution is -2.42. The van der Waals surface area contributed by atoms with Crippen molar-refractivity contribution < 1.29 is 13.2 Å². The number of aliphatic imine (C=N–C) groups is 1. The van der Waals surface area contributed by atoms with Gasteiger partial charge in [0.25, 0.3) is 0 Å². The van der Waals surface area contributed by atoms with Crippen LogP contribution in [0.1, 0.15) is 25.3 Å². The molecular weight excluding hydrogens is 493 g/mol. The Kier molecular flexibility index (Phi) is 10.8. The van der Waals surface area contributed by atoms with E-state index < -0.39 is 10.0 Å². The molecule has 0 aliphatic heterocycles. The van der Waals surface area contributed by atoms with Crippen molar-refractivity contribution in [3.8, 4) is 0 Å². The Bertz CT molecular complexity index is 749. The highest BCUT2D eigenvalue weighted by Crippen LogP contribution is 2.28.